The Morgan fingerprint density at radius 1 is 0.343 bits per heavy atom. The average molecular weight is 902 g/mol. The molecule has 0 radical (unpaired) electrons. The largest absolute Gasteiger partial charge is 0.310 e. The zero-order valence-corrected chi connectivity index (χ0v) is 37.9. The van der Waals surface area contributed by atoms with E-state index in [-0.39, 0.29) is 23.6 Å². The van der Waals surface area contributed by atoms with Crippen molar-refractivity contribution in [1.82, 2.24) is 0 Å². The SMILES string of the molecule is [2H]c1c([2H])c([2H])c(N(c2ccc(-c3cc4c(c5ccccc35)-c3ccc(N(c5ccc(F)cc5)c5ccc6ccccc6c5)cc3C4(c3ccccc3)c3ccccc3)cc2)c2ccc3ccccc3c2)c([2H])c1[2H]. The van der Waals surface area contributed by atoms with E-state index in [1.165, 1.54) is 12.1 Å². The fourth-order valence-electron chi connectivity index (χ4n) is 10.9. The van der Waals surface area contributed by atoms with Crippen molar-refractivity contribution >= 4 is 66.4 Å². The number of fused-ring (bicyclic) bond motifs is 7. The van der Waals surface area contributed by atoms with E-state index in [0.29, 0.717) is 11.4 Å². The number of anilines is 6. The summed E-state index contributed by atoms with van der Waals surface area (Å²) in [5.74, 6) is -0.303. The first-order valence-corrected chi connectivity index (χ1v) is 23.5. The molecule has 0 aromatic heterocycles. The third-order valence-electron chi connectivity index (χ3n) is 14.0. The molecule has 0 amide bonds. The first kappa shape index (κ1) is 36.1. The van der Waals surface area contributed by atoms with E-state index >= 15 is 0 Å². The summed E-state index contributed by atoms with van der Waals surface area (Å²) in [5.41, 5.74) is 11.9. The summed E-state index contributed by atoms with van der Waals surface area (Å²) in [6.07, 6.45) is 0. The molecule has 0 saturated carbocycles. The topological polar surface area (TPSA) is 6.48 Å². The van der Waals surface area contributed by atoms with Crippen LogP contribution in [-0.4, -0.2) is 0 Å². The van der Waals surface area contributed by atoms with Crippen LogP contribution in [0.2, 0.25) is 0 Å². The molecule has 0 spiro atoms. The molecule has 3 heteroatoms. The normalized spacial score (nSPS) is 13.5. The molecule has 1 aliphatic rings. The summed E-state index contributed by atoms with van der Waals surface area (Å²) in [6.45, 7) is 0. The standard InChI is InChI=1S/C67H45FN2/c68-53-32-38-56(39-33-53)70(58-37-29-47-17-11-13-19-50(47)43-58)59-40-41-62-64(44-59)67(51-20-4-1-5-21-51,52-22-6-2-7-23-52)65-45-63(60-26-14-15-27-61(60)66(62)65)48-30-34-55(35-31-48)69(54-24-8-3-9-25-54)57-36-28-46-16-10-12-18-49(46)42-57/h1-45H/i3D,8D,9D,24D,25D. The number of hydrogen-bond donors (Lipinski definition) is 0. The highest BCUT2D eigenvalue weighted by molar-refractivity contribution is 6.10. The van der Waals surface area contributed by atoms with Gasteiger partial charge in [0, 0.05) is 34.1 Å². The molecule has 12 aromatic carbocycles. The van der Waals surface area contributed by atoms with Gasteiger partial charge in [-0.05, 0) is 168 Å². The monoisotopic (exact) mass is 901 g/mol. The van der Waals surface area contributed by atoms with Gasteiger partial charge >= 0.3 is 0 Å². The van der Waals surface area contributed by atoms with Gasteiger partial charge in [-0.15, -0.1) is 0 Å². The van der Waals surface area contributed by atoms with Crippen molar-refractivity contribution in [3.05, 3.63) is 301 Å². The van der Waals surface area contributed by atoms with E-state index < -0.39 is 23.5 Å². The fraction of sp³-hybridized carbons (Fsp3) is 0.0149. The summed E-state index contributed by atoms with van der Waals surface area (Å²) in [7, 11) is 0. The Bertz CT molecular complexity index is 4140. The highest BCUT2D eigenvalue weighted by Gasteiger charge is 2.47. The van der Waals surface area contributed by atoms with Crippen molar-refractivity contribution in [1.29, 1.82) is 0 Å². The molecule has 70 heavy (non-hydrogen) atoms. The van der Waals surface area contributed by atoms with Gasteiger partial charge in [0.15, 0.2) is 0 Å². The van der Waals surface area contributed by atoms with Crippen LogP contribution >= 0.6 is 0 Å². The number of rotatable bonds is 9. The van der Waals surface area contributed by atoms with E-state index in [4.69, 9.17) is 6.85 Å². The van der Waals surface area contributed by atoms with Gasteiger partial charge in [-0.3, -0.25) is 0 Å². The summed E-state index contributed by atoms with van der Waals surface area (Å²) >= 11 is 0. The van der Waals surface area contributed by atoms with Crippen LogP contribution in [0, 0.1) is 5.82 Å². The quantitative estimate of drug-likeness (QED) is 0.142. The van der Waals surface area contributed by atoms with Crippen LogP contribution in [0.25, 0.3) is 54.6 Å². The van der Waals surface area contributed by atoms with Crippen LogP contribution in [0.3, 0.4) is 0 Å². The summed E-state index contributed by atoms with van der Waals surface area (Å²) in [6, 6.07) is 80.9. The molecule has 0 N–H and O–H groups in total. The van der Waals surface area contributed by atoms with E-state index in [9.17, 15) is 4.39 Å². The first-order chi connectivity index (χ1) is 36.7. The minimum atomic E-state index is -0.812. The van der Waals surface area contributed by atoms with Crippen molar-refractivity contribution in [2.45, 2.75) is 5.41 Å². The maximum Gasteiger partial charge on any atom is 0.123 e. The van der Waals surface area contributed by atoms with Crippen LogP contribution < -0.4 is 9.80 Å². The molecule has 0 bridgehead atoms. The Kier molecular flexibility index (Phi) is 8.72. The zero-order chi connectivity index (χ0) is 51.0. The molecule has 0 aliphatic heterocycles. The first-order valence-electron chi connectivity index (χ1n) is 26.0. The maximum atomic E-state index is 14.7. The Hall–Kier alpha value is -9.05. The Morgan fingerprint density at radius 2 is 0.814 bits per heavy atom. The Labute approximate surface area is 414 Å². The number of para-hydroxylation sites is 1. The minimum absolute atomic E-state index is 0.0678. The van der Waals surface area contributed by atoms with Crippen LogP contribution in [-0.2, 0) is 5.41 Å². The van der Waals surface area contributed by atoms with E-state index in [0.717, 1.165) is 93.9 Å². The number of halogens is 1. The number of hydrogen-bond acceptors (Lipinski definition) is 2. The minimum Gasteiger partial charge on any atom is -0.310 e. The van der Waals surface area contributed by atoms with Gasteiger partial charge < -0.3 is 9.80 Å². The average Bonchev–Trinajstić information content (AvgIpc) is 3.99. The third kappa shape index (κ3) is 6.77. The molecule has 13 rings (SSSR count). The van der Waals surface area contributed by atoms with Crippen LogP contribution in [0.5, 0.6) is 0 Å². The second-order valence-corrected chi connectivity index (χ2v) is 17.8. The van der Waals surface area contributed by atoms with Crippen molar-refractivity contribution in [3.63, 3.8) is 0 Å². The molecule has 0 saturated heterocycles. The van der Waals surface area contributed by atoms with Gasteiger partial charge in [0.25, 0.3) is 0 Å². The molecule has 12 aromatic rings. The van der Waals surface area contributed by atoms with Gasteiger partial charge in [0.1, 0.15) is 5.82 Å². The predicted octanol–water partition coefficient (Wildman–Crippen LogP) is 18.3. The van der Waals surface area contributed by atoms with Gasteiger partial charge in [0.2, 0.25) is 0 Å². The number of benzene rings is 12. The van der Waals surface area contributed by atoms with Crippen molar-refractivity contribution < 1.29 is 11.2 Å². The van der Waals surface area contributed by atoms with Crippen molar-refractivity contribution in [2.75, 3.05) is 9.80 Å². The van der Waals surface area contributed by atoms with Gasteiger partial charge in [-0.25, -0.2) is 4.39 Å². The summed E-state index contributed by atoms with van der Waals surface area (Å²) in [4.78, 5) is 3.99. The molecule has 1 aliphatic carbocycles. The summed E-state index contributed by atoms with van der Waals surface area (Å²) < 4.78 is 58.7. The van der Waals surface area contributed by atoms with Gasteiger partial charge in [-0.2, -0.15) is 0 Å². The van der Waals surface area contributed by atoms with E-state index in [1.54, 1.807) is 4.90 Å². The Morgan fingerprint density at radius 3 is 1.41 bits per heavy atom. The predicted molar refractivity (Wildman–Crippen MR) is 291 cm³/mol. The second-order valence-electron chi connectivity index (χ2n) is 17.8. The second kappa shape index (κ2) is 16.9. The molecule has 0 fully saturated rings. The summed E-state index contributed by atoms with van der Waals surface area (Å²) in [5, 5.41) is 6.37. The lowest BCUT2D eigenvalue weighted by Crippen LogP contribution is -2.29. The Balaban J connectivity index is 1.04. The molecular weight excluding hydrogens is 852 g/mol. The zero-order valence-electron chi connectivity index (χ0n) is 42.9. The van der Waals surface area contributed by atoms with E-state index in [2.05, 4.69) is 157 Å². The third-order valence-corrected chi connectivity index (χ3v) is 14.0. The van der Waals surface area contributed by atoms with Crippen molar-refractivity contribution in [2.24, 2.45) is 0 Å². The molecule has 0 heterocycles. The highest BCUT2D eigenvalue weighted by atomic mass is 19.1. The smallest absolute Gasteiger partial charge is 0.123 e. The number of nitrogens with zero attached hydrogens (tertiary/aromatic N) is 2. The van der Waals surface area contributed by atoms with Crippen LogP contribution in [0.15, 0.2) is 273 Å². The fourth-order valence-corrected chi connectivity index (χ4v) is 10.9. The lowest BCUT2D eigenvalue weighted by atomic mass is 9.67. The molecule has 0 unspecified atom stereocenters. The van der Waals surface area contributed by atoms with Crippen LogP contribution in [0.1, 0.15) is 29.1 Å². The molecule has 330 valence electrons. The molecule has 2 nitrogen and oxygen atoms in total. The highest BCUT2D eigenvalue weighted by Crippen LogP contribution is 2.60. The van der Waals surface area contributed by atoms with Crippen molar-refractivity contribution in [3.8, 4) is 22.3 Å². The molecular formula is C67H45FN2. The van der Waals surface area contributed by atoms with Gasteiger partial charge in [0.05, 0.1) is 12.3 Å². The lowest BCUT2D eigenvalue weighted by Gasteiger charge is -2.35. The van der Waals surface area contributed by atoms with Crippen LogP contribution in [0.4, 0.5) is 38.5 Å². The molecule has 0 atom stereocenters. The lowest BCUT2D eigenvalue weighted by molar-refractivity contribution is 0.628. The van der Waals surface area contributed by atoms with Gasteiger partial charge in [-0.1, -0.05) is 182 Å². The van der Waals surface area contributed by atoms with E-state index in [1.807, 2.05) is 78.9 Å². The maximum absolute atomic E-state index is 14.7.